The molecule has 0 aliphatic carbocycles. The number of fused-ring (bicyclic) bond motifs is 3. The third kappa shape index (κ3) is 3.85. The molecule has 0 bridgehead atoms. The first kappa shape index (κ1) is 19.9. The van der Waals surface area contributed by atoms with Gasteiger partial charge in [-0.3, -0.25) is 4.79 Å². The number of aromatic nitrogens is 5. The highest BCUT2D eigenvalue weighted by molar-refractivity contribution is 6.07. The van der Waals surface area contributed by atoms with E-state index in [-0.39, 0.29) is 5.91 Å². The molecule has 0 aromatic carbocycles. The number of nitrogens with one attached hydrogen (secondary N) is 3. The number of carbonyl (C=O) groups excluding carboxylic acids is 1. The molecule has 4 heterocycles. The lowest BCUT2D eigenvalue weighted by atomic mass is 10.1. The van der Waals surface area contributed by atoms with Crippen molar-refractivity contribution in [2.24, 2.45) is 13.0 Å². The van der Waals surface area contributed by atoms with Crippen LogP contribution in [-0.4, -0.2) is 37.5 Å². The average Bonchev–Trinajstić information content (AvgIpc) is 3.33. The van der Waals surface area contributed by atoms with Crippen LogP contribution in [0.25, 0.3) is 33.5 Å². The van der Waals surface area contributed by atoms with Gasteiger partial charge in [0.1, 0.15) is 11.2 Å². The van der Waals surface area contributed by atoms with Gasteiger partial charge in [-0.05, 0) is 30.5 Å². The van der Waals surface area contributed by atoms with Crippen molar-refractivity contribution in [2.75, 3.05) is 12.4 Å². The number of amides is 1. The fourth-order valence-corrected chi connectivity index (χ4v) is 3.54. The lowest BCUT2D eigenvalue weighted by Crippen LogP contribution is -2.23. The second-order valence-electron chi connectivity index (χ2n) is 7.93. The van der Waals surface area contributed by atoms with E-state index in [1.807, 2.05) is 36.9 Å². The summed E-state index contributed by atoms with van der Waals surface area (Å²) in [6.45, 7) is 4.65. The summed E-state index contributed by atoms with van der Waals surface area (Å²) in [7, 11) is 3.81. The van der Waals surface area contributed by atoms with Gasteiger partial charge in [-0.25, -0.2) is 15.0 Å². The summed E-state index contributed by atoms with van der Waals surface area (Å²) < 4.78 is 1.99. The highest BCUT2D eigenvalue weighted by Gasteiger charge is 2.15. The number of hydrogen-bond acceptors (Lipinski definition) is 5. The van der Waals surface area contributed by atoms with Crippen LogP contribution < -0.4 is 10.6 Å². The molecular formula is C22H27N7O. The number of nitrogens with zero attached hydrogens (tertiary/aromatic N) is 4. The second-order valence-corrected chi connectivity index (χ2v) is 7.93. The van der Waals surface area contributed by atoms with E-state index >= 15 is 0 Å². The molecule has 0 aliphatic rings. The fourth-order valence-electron chi connectivity index (χ4n) is 3.54. The number of imidazole rings is 1. The summed E-state index contributed by atoms with van der Waals surface area (Å²) in [5, 5.41) is 7.07. The summed E-state index contributed by atoms with van der Waals surface area (Å²) in [5.41, 5.74) is 5.13. The molecule has 0 aliphatic heterocycles. The van der Waals surface area contributed by atoms with Crippen LogP contribution in [0, 0.1) is 5.92 Å². The van der Waals surface area contributed by atoms with Crippen LogP contribution in [0.2, 0.25) is 0 Å². The van der Waals surface area contributed by atoms with Crippen LogP contribution in [0.5, 0.6) is 0 Å². The zero-order valence-corrected chi connectivity index (χ0v) is 17.8. The van der Waals surface area contributed by atoms with Crippen molar-refractivity contribution in [1.82, 2.24) is 29.8 Å². The van der Waals surface area contributed by atoms with Gasteiger partial charge < -0.3 is 20.2 Å². The summed E-state index contributed by atoms with van der Waals surface area (Å²) >= 11 is 0. The van der Waals surface area contributed by atoms with Crippen molar-refractivity contribution in [2.45, 2.75) is 33.2 Å². The first-order valence-corrected chi connectivity index (χ1v) is 10.2. The van der Waals surface area contributed by atoms with Crippen LogP contribution in [0.15, 0.2) is 30.6 Å². The van der Waals surface area contributed by atoms with E-state index in [9.17, 15) is 4.79 Å². The largest absolute Gasteiger partial charge is 0.371 e. The molecule has 4 aromatic heterocycles. The van der Waals surface area contributed by atoms with Gasteiger partial charge in [0.05, 0.1) is 35.5 Å². The van der Waals surface area contributed by atoms with E-state index in [2.05, 4.69) is 45.5 Å². The number of anilines is 1. The predicted octanol–water partition coefficient (Wildman–Crippen LogP) is 3.61. The smallest absolute Gasteiger partial charge is 0.220 e. The molecule has 4 rings (SSSR count). The monoisotopic (exact) mass is 405 g/mol. The molecule has 0 atom stereocenters. The molecule has 0 fully saturated rings. The molecular weight excluding hydrogens is 378 g/mol. The molecule has 0 unspecified atom stereocenters. The van der Waals surface area contributed by atoms with Crippen molar-refractivity contribution in [3.8, 4) is 11.4 Å². The summed E-state index contributed by atoms with van der Waals surface area (Å²) in [6, 6.07) is 7.88. The molecule has 4 aromatic rings. The lowest BCUT2D eigenvalue weighted by molar-refractivity contribution is -0.121. The zero-order valence-electron chi connectivity index (χ0n) is 17.8. The third-order valence-electron chi connectivity index (χ3n) is 5.17. The first-order valence-electron chi connectivity index (χ1n) is 10.2. The molecule has 1 amide bonds. The lowest BCUT2D eigenvalue weighted by Gasteiger charge is -2.07. The Kier molecular flexibility index (Phi) is 5.39. The van der Waals surface area contributed by atoms with Crippen molar-refractivity contribution < 1.29 is 4.79 Å². The van der Waals surface area contributed by atoms with Crippen LogP contribution in [0.3, 0.4) is 0 Å². The Labute approximate surface area is 175 Å². The normalized spacial score (nSPS) is 11.5. The molecule has 0 spiro atoms. The summed E-state index contributed by atoms with van der Waals surface area (Å²) in [5.74, 6) is 1.31. The fraction of sp³-hybridized carbons (Fsp3) is 0.364. The average molecular weight is 406 g/mol. The first-order chi connectivity index (χ1) is 14.5. The van der Waals surface area contributed by atoms with Gasteiger partial charge >= 0.3 is 0 Å². The van der Waals surface area contributed by atoms with E-state index in [4.69, 9.17) is 4.98 Å². The minimum absolute atomic E-state index is 0.0592. The quantitative estimate of drug-likeness (QED) is 0.436. The Bertz CT molecular complexity index is 1210. The highest BCUT2D eigenvalue weighted by atomic mass is 16.1. The van der Waals surface area contributed by atoms with Crippen molar-refractivity contribution in [3.05, 3.63) is 36.3 Å². The molecule has 3 N–H and O–H groups in total. The SMILES string of the molecule is CNc1nc2[nH]c(-c3cccc(CNC(=O)CCC(C)C)n3)cc2c2c1ncn2C. The van der Waals surface area contributed by atoms with Gasteiger partial charge in [0.25, 0.3) is 0 Å². The standard InChI is InChI=1S/C22H27N7O/c1-13(2)8-9-18(30)24-11-14-6-5-7-16(26-14)17-10-15-20-19(25-12-29(20)4)22(23-3)28-21(15)27-17/h5-7,10,12-13H,8-9,11H2,1-4H3,(H,24,30)(H2,23,27,28). The van der Waals surface area contributed by atoms with Gasteiger partial charge in [-0.15, -0.1) is 0 Å². The van der Waals surface area contributed by atoms with Crippen LogP contribution in [0.1, 0.15) is 32.4 Å². The minimum Gasteiger partial charge on any atom is -0.371 e. The van der Waals surface area contributed by atoms with Gasteiger partial charge in [0.2, 0.25) is 5.91 Å². The van der Waals surface area contributed by atoms with Gasteiger partial charge in [0, 0.05) is 25.9 Å². The highest BCUT2D eigenvalue weighted by Crippen LogP contribution is 2.31. The third-order valence-corrected chi connectivity index (χ3v) is 5.17. The van der Waals surface area contributed by atoms with Crippen molar-refractivity contribution in [3.63, 3.8) is 0 Å². The van der Waals surface area contributed by atoms with Gasteiger partial charge in [-0.1, -0.05) is 19.9 Å². The number of aryl methyl sites for hydroxylation is 1. The maximum atomic E-state index is 12.0. The topological polar surface area (TPSA) is 101 Å². The molecule has 0 saturated heterocycles. The van der Waals surface area contributed by atoms with E-state index in [0.717, 1.165) is 51.4 Å². The van der Waals surface area contributed by atoms with Crippen LogP contribution in [0.4, 0.5) is 5.82 Å². The maximum Gasteiger partial charge on any atom is 0.220 e. The van der Waals surface area contributed by atoms with Gasteiger partial charge in [-0.2, -0.15) is 0 Å². The van der Waals surface area contributed by atoms with E-state index in [1.54, 1.807) is 6.33 Å². The van der Waals surface area contributed by atoms with E-state index < -0.39 is 0 Å². The molecule has 8 nitrogen and oxygen atoms in total. The van der Waals surface area contributed by atoms with E-state index in [0.29, 0.717) is 18.9 Å². The van der Waals surface area contributed by atoms with Crippen molar-refractivity contribution >= 4 is 33.8 Å². The number of hydrogen-bond donors (Lipinski definition) is 3. The van der Waals surface area contributed by atoms with Gasteiger partial charge in [0.15, 0.2) is 5.82 Å². The Morgan fingerprint density at radius 3 is 2.87 bits per heavy atom. The summed E-state index contributed by atoms with van der Waals surface area (Å²) in [4.78, 5) is 29.3. The number of pyridine rings is 2. The number of rotatable bonds is 7. The molecule has 0 saturated carbocycles. The minimum atomic E-state index is 0.0592. The second kappa shape index (κ2) is 8.14. The number of carbonyl (C=O) groups is 1. The van der Waals surface area contributed by atoms with E-state index in [1.165, 1.54) is 0 Å². The van der Waals surface area contributed by atoms with Crippen molar-refractivity contribution in [1.29, 1.82) is 0 Å². The maximum absolute atomic E-state index is 12.0. The zero-order chi connectivity index (χ0) is 21.3. The Morgan fingerprint density at radius 2 is 2.10 bits per heavy atom. The number of aromatic amines is 1. The predicted molar refractivity (Wildman–Crippen MR) is 119 cm³/mol. The molecule has 156 valence electrons. The van der Waals surface area contributed by atoms with Crippen LogP contribution in [-0.2, 0) is 18.4 Å². The number of H-pyrrole nitrogens is 1. The Morgan fingerprint density at radius 1 is 1.27 bits per heavy atom. The molecule has 30 heavy (non-hydrogen) atoms. The molecule has 8 heteroatoms. The van der Waals surface area contributed by atoms with Crippen LogP contribution >= 0.6 is 0 Å². The Hall–Kier alpha value is -3.42. The Balaban J connectivity index is 1.61. The summed E-state index contributed by atoms with van der Waals surface area (Å²) in [6.07, 6.45) is 3.22. The molecule has 0 radical (unpaired) electrons.